The highest BCUT2D eigenvalue weighted by Crippen LogP contribution is 2.19. The van der Waals surface area contributed by atoms with E-state index in [9.17, 15) is 10.0 Å². The standard InChI is InChI=1S/C10H13NO2/c1-10(2,3)9(12)8-4-6-11(13)7-5-8/h4-7H,1-3H3. The number of hydrogen-bond donors (Lipinski definition) is 0. The minimum Gasteiger partial charge on any atom is -0.619 e. The third-order valence-electron chi connectivity index (χ3n) is 1.75. The second-order valence-corrected chi connectivity index (χ2v) is 4.03. The molecular formula is C10H13NO2. The van der Waals surface area contributed by atoms with Gasteiger partial charge in [0.15, 0.2) is 18.2 Å². The average molecular weight is 179 g/mol. The third-order valence-corrected chi connectivity index (χ3v) is 1.75. The molecular weight excluding hydrogens is 166 g/mol. The molecule has 0 bridgehead atoms. The van der Waals surface area contributed by atoms with Crippen LogP contribution < -0.4 is 4.73 Å². The van der Waals surface area contributed by atoms with Crippen molar-refractivity contribution in [2.24, 2.45) is 5.41 Å². The number of rotatable bonds is 1. The molecule has 0 N–H and O–H groups in total. The summed E-state index contributed by atoms with van der Waals surface area (Å²) in [5, 5.41) is 10.7. The zero-order valence-corrected chi connectivity index (χ0v) is 8.07. The van der Waals surface area contributed by atoms with Gasteiger partial charge in [-0.1, -0.05) is 20.8 Å². The lowest BCUT2D eigenvalue weighted by molar-refractivity contribution is -0.605. The predicted octanol–water partition coefficient (Wildman–Crippen LogP) is 1.55. The van der Waals surface area contributed by atoms with E-state index in [1.165, 1.54) is 12.4 Å². The lowest BCUT2D eigenvalue weighted by Crippen LogP contribution is -2.26. The van der Waals surface area contributed by atoms with Gasteiger partial charge in [0.1, 0.15) is 0 Å². The first-order chi connectivity index (χ1) is 5.91. The van der Waals surface area contributed by atoms with Crippen LogP contribution >= 0.6 is 0 Å². The second-order valence-electron chi connectivity index (χ2n) is 4.03. The van der Waals surface area contributed by atoms with Crippen LogP contribution in [0.3, 0.4) is 0 Å². The lowest BCUT2D eigenvalue weighted by atomic mass is 9.87. The third kappa shape index (κ3) is 2.28. The van der Waals surface area contributed by atoms with Gasteiger partial charge in [-0.2, -0.15) is 4.73 Å². The summed E-state index contributed by atoms with van der Waals surface area (Å²) in [6, 6.07) is 3.08. The highest BCUT2D eigenvalue weighted by Gasteiger charge is 2.22. The van der Waals surface area contributed by atoms with E-state index in [-0.39, 0.29) is 5.78 Å². The van der Waals surface area contributed by atoms with E-state index < -0.39 is 5.41 Å². The van der Waals surface area contributed by atoms with Gasteiger partial charge in [-0.25, -0.2) is 0 Å². The quantitative estimate of drug-likeness (QED) is 0.373. The van der Waals surface area contributed by atoms with E-state index in [0.29, 0.717) is 10.3 Å². The van der Waals surface area contributed by atoms with Gasteiger partial charge in [-0.3, -0.25) is 4.79 Å². The van der Waals surface area contributed by atoms with Crippen LogP contribution in [-0.4, -0.2) is 5.78 Å². The molecule has 0 aliphatic carbocycles. The maximum atomic E-state index is 11.7. The van der Waals surface area contributed by atoms with Crippen LogP contribution in [-0.2, 0) is 0 Å². The molecule has 0 spiro atoms. The zero-order chi connectivity index (χ0) is 10.1. The Kier molecular flexibility index (Phi) is 2.36. The largest absolute Gasteiger partial charge is 0.619 e. The second kappa shape index (κ2) is 3.17. The average Bonchev–Trinajstić information content (AvgIpc) is 2.03. The molecule has 1 aromatic rings. The van der Waals surface area contributed by atoms with Crippen molar-refractivity contribution >= 4 is 5.78 Å². The maximum Gasteiger partial charge on any atom is 0.181 e. The minimum absolute atomic E-state index is 0.0492. The highest BCUT2D eigenvalue weighted by molar-refractivity contribution is 5.99. The molecule has 0 radical (unpaired) electrons. The van der Waals surface area contributed by atoms with Crippen molar-refractivity contribution in [3.05, 3.63) is 35.3 Å². The number of ketones is 1. The molecule has 0 aliphatic rings. The van der Waals surface area contributed by atoms with Gasteiger partial charge in [0.25, 0.3) is 0 Å². The molecule has 1 aromatic heterocycles. The number of Topliss-reactive ketones (excluding diaryl/α,β-unsaturated/α-hetero) is 1. The van der Waals surface area contributed by atoms with Crippen molar-refractivity contribution in [1.29, 1.82) is 0 Å². The molecule has 3 nitrogen and oxygen atoms in total. The van der Waals surface area contributed by atoms with Gasteiger partial charge < -0.3 is 5.21 Å². The Bertz CT molecular complexity index is 309. The number of hydrogen-bond acceptors (Lipinski definition) is 2. The Morgan fingerprint density at radius 3 is 2.15 bits per heavy atom. The fraction of sp³-hybridized carbons (Fsp3) is 0.400. The number of aromatic nitrogens is 1. The highest BCUT2D eigenvalue weighted by atomic mass is 16.5. The van der Waals surface area contributed by atoms with E-state index in [1.54, 1.807) is 12.1 Å². The molecule has 0 fully saturated rings. The molecule has 0 atom stereocenters. The Balaban J connectivity index is 2.97. The molecule has 0 saturated heterocycles. The Labute approximate surface area is 77.6 Å². The first-order valence-corrected chi connectivity index (χ1v) is 4.15. The van der Waals surface area contributed by atoms with Crippen molar-refractivity contribution in [3.8, 4) is 0 Å². The van der Waals surface area contributed by atoms with Crippen molar-refractivity contribution in [2.45, 2.75) is 20.8 Å². The van der Waals surface area contributed by atoms with Crippen LogP contribution in [0.25, 0.3) is 0 Å². The minimum atomic E-state index is -0.394. The van der Waals surface area contributed by atoms with Gasteiger partial charge >= 0.3 is 0 Å². The Morgan fingerprint density at radius 1 is 1.31 bits per heavy atom. The summed E-state index contributed by atoms with van der Waals surface area (Å²) >= 11 is 0. The summed E-state index contributed by atoms with van der Waals surface area (Å²) < 4.78 is 0.666. The molecule has 3 heteroatoms. The maximum absolute atomic E-state index is 11.7. The van der Waals surface area contributed by atoms with Crippen molar-refractivity contribution in [3.63, 3.8) is 0 Å². The van der Waals surface area contributed by atoms with Crippen molar-refractivity contribution in [2.75, 3.05) is 0 Å². The van der Waals surface area contributed by atoms with E-state index in [1.807, 2.05) is 20.8 Å². The number of carbonyl (C=O) groups is 1. The zero-order valence-electron chi connectivity index (χ0n) is 8.07. The number of pyridine rings is 1. The summed E-state index contributed by atoms with van der Waals surface area (Å²) in [6.07, 6.45) is 2.66. The smallest absolute Gasteiger partial charge is 0.181 e. The van der Waals surface area contributed by atoms with Crippen LogP contribution in [0.5, 0.6) is 0 Å². The number of nitrogens with zero attached hydrogens (tertiary/aromatic N) is 1. The summed E-state index contributed by atoms with van der Waals surface area (Å²) in [7, 11) is 0. The molecule has 13 heavy (non-hydrogen) atoms. The predicted molar refractivity (Wildman–Crippen MR) is 49.2 cm³/mol. The van der Waals surface area contributed by atoms with Crippen LogP contribution in [0.4, 0.5) is 0 Å². The van der Waals surface area contributed by atoms with Crippen LogP contribution in [0, 0.1) is 10.6 Å². The summed E-state index contributed by atoms with van der Waals surface area (Å²) in [5.74, 6) is 0.0492. The molecule has 0 saturated carbocycles. The van der Waals surface area contributed by atoms with Gasteiger partial charge in [0.2, 0.25) is 0 Å². The first-order valence-electron chi connectivity index (χ1n) is 4.15. The molecule has 1 heterocycles. The molecule has 0 unspecified atom stereocenters. The fourth-order valence-corrected chi connectivity index (χ4v) is 0.997. The molecule has 0 amide bonds. The molecule has 70 valence electrons. The summed E-state index contributed by atoms with van der Waals surface area (Å²) in [6.45, 7) is 5.56. The topological polar surface area (TPSA) is 44.0 Å². The normalized spacial score (nSPS) is 11.3. The van der Waals surface area contributed by atoms with Crippen molar-refractivity contribution < 1.29 is 9.52 Å². The van der Waals surface area contributed by atoms with Crippen molar-refractivity contribution in [1.82, 2.24) is 0 Å². The molecule has 1 rings (SSSR count). The Hall–Kier alpha value is -1.38. The van der Waals surface area contributed by atoms with E-state index >= 15 is 0 Å². The van der Waals surface area contributed by atoms with E-state index in [4.69, 9.17) is 0 Å². The SMILES string of the molecule is CC(C)(C)C(=O)c1cc[n+]([O-])cc1. The summed E-state index contributed by atoms with van der Waals surface area (Å²) in [4.78, 5) is 11.7. The molecule has 0 aliphatic heterocycles. The van der Waals surface area contributed by atoms with Crippen LogP contribution in [0.15, 0.2) is 24.5 Å². The van der Waals surface area contributed by atoms with Gasteiger partial charge in [0, 0.05) is 23.1 Å². The first kappa shape index (κ1) is 9.71. The van der Waals surface area contributed by atoms with Gasteiger partial charge in [-0.05, 0) is 0 Å². The number of carbonyl (C=O) groups excluding carboxylic acids is 1. The Morgan fingerprint density at radius 2 is 1.77 bits per heavy atom. The van der Waals surface area contributed by atoms with Crippen LogP contribution in [0.2, 0.25) is 0 Å². The van der Waals surface area contributed by atoms with Gasteiger partial charge in [0.05, 0.1) is 0 Å². The van der Waals surface area contributed by atoms with E-state index in [0.717, 1.165) is 0 Å². The van der Waals surface area contributed by atoms with Crippen LogP contribution in [0.1, 0.15) is 31.1 Å². The van der Waals surface area contributed by atoms with Gasteiger partial charge in [-0.15, -0.1) is 0 Å². The lowest BCUT2D eigenvalue weighted by Gasteiger charge is -2.15. The molecule has 0 aromatic carbocycles. The summed E-state index contributed by atoms with van der Waals surface area (Å²) in [5.41, 5.74) is 0.189. The van der Waals surface area contributed by atoms with E-state index in [2.05, 4.69) is 0 Å². The fourth-order valence-electron chi connectivity index (χ4n) is 0.997. The monoisotopic (exact) mass is 179 g/mol.